The normalized spacial score (nSPS) is 17.1. The molecule has 3 aromatic carbocycles. The molecule has 1 fully saturated rings. The van der Waals surface area contributed by atoms with Crippen LogP contribution in [-0.4, -0.2) is 39.9 Å². The van der Waals surface area contributed by atoms with Crippen molar-refractivity contribution in [1.82, 2.24) is 15.5 Å². The van der Waals surface area contributed by atoms with Crippen molar-refractivity contribution < 1.29 is 19.2 Å². The Bertz CT molecular complexity index is 1490. The highest BCUT2D eigenvalue weighted by Gasteiger charge is 2.31. The molecule has 2 unspecified atom stereocenters. The van der Waals surface area contributed by atoms with E-state index in [1.807, 2.05) is 50.2 Å². The van der Waals surface area contributed by atoms with Crippen molar-refractivity contribution in [3.63, 3.8) is 0 Å². The molecule has 2 heterocycles. The van der Waals surface area contributed by atoms with Crippen LogP contribution in [0.4, 0.5) is 0 Å². The second-order valence-electron chi connectivity index (χ2n) is 9.58. The fourth-order valence-electron chi connectivity index (χ4n) is 4.99. The van der Waals surface area contributed by atoms with E-state index in [1.54, 1.807) is 18.2 Å². The Labute approximate surface area is 227 Å². The zero-order valence-electron chi connectivity index (χ0n) is 21.2. The number of piperidine rings is 1. The Hall–Kier alpha value is -3.93. The molecule has 8 nitrogen and oxygen atoms in total. The molecule has 0 amide bonds. The Morgan fingerprint density at radius 3 is 2.74 bits per heavy atom. The van der Waals surface area contributed by atoms with Crippen molar-refractivity contribution in [2.24, 2.45) is 5.92 Å². The molecule has 1 aliphatic heterocycles. The molecule has 38 heavy (non-hydrogen) atoms. The van der Waals surface area contributed by atoms with Crippen molar-refractivity contribution in [2.45, 2.75) is 45.3 Å². The lowest BCUT2D eigenvalue weighted by Gasteiger charge is -2.30. The first-order chi connectivity index (χ1) is 17.9. The summed E-state index contributed by atoms with van der Waals surface area (Å²) >= 11 is 0. The average Bonchev–Trinajstić information content (AvgIpc) is 3.39. The lowest BCUT2D eigenvalue weighted by atomic mass is 9.85. The number of carboxylic acids is 1. The zero-order valence-corrected chi connectivity index (χ0v) is 22.0. The molecule has 1 aliphatic rings. The van der Waals surface area contributed by atoms with Gasteiger partial charge in [-0.05, 0) is 74.2 Å². The quantitative estimate of drug-likeness (QED) is 0.314. The van der Waals surface area contributed by atoms with Gasteiger partial charge in [-0.1, -0.05) is 41.6 Å². The molecule has 0 saturated carbocycles. The van der Waals surface area contributed by atoms with Crippen LogP contribution >= 0.6 is 12.4 Å². The van der Waals surface area contributed by atoms with E-state index in [0.717, 1.165) is 34.9 Å². The molecule has 2 N–H and O–H groups in total. The first kappa shape index (κ1) is 27.1. The molecule has 9 heteroatoms. The first-order valence-electron chi connectivity index (χ1n) is 12.5. The van der Waals surface area contributed by atoms with E-state index < -0.39 is 11.9 Å². The third kappa shape index (κ3) is 5.49. The maximum Gasteiger partial charge on any atom is 0.308 e. The van der Waals surface area contributed by atoms with Crippen LogP contribution in [0.5, 0.6) is 5.75 Å². The van der Waals surface area contributed by atoms with Gasteiger partial charge in [-0.2, -0.15) is 10.2 Å². The largest absolute Gasteiger partial charge is 0.490 e. The smallest absolute Gasteiger partial charge is 0.308 e. The van der Waals surface area contributed by atoms with Crippen LogP contribution in [0.25, 0.3) is 33.6 Å². The highest BCUT2D eigenvalue weighted by molar-refractivity contribution is 5.97. The summed E-state index contributed by atoms with van der Waals surface area (Å²) in [4.78, 5) is 16.4. The van der Waals surface area contributed by atoms with E-state index in [2.05, 4.69) is 21.5 Å². The molecule has 0 radical (unpaired) electrons. The summed E-state index contributed by atoms with van der Waals surface area (Å²) in [5, 5.41) is 28.9. The molecule has 1 saturated heterocycles. The second-order valence-corrected chi connectivity index (χ2v) is 9.58. The van der Waals surface area contributed by atoms with Crippen molar-refractivity contribution in [3.05, 3.63) is 65.7 Å². The predicted octanol–water partition coefficient (Wildman–Crippen LogP) is 5.63. The Morgan fingerprint density at radius 1 is 1.21 bits per heavy atom. The number of benzene rings is 3. The van der Waals surface area contributed by atoms with E-state index in [4.69, 9.17) is 9.26 Å². The molecule has 0 spiro atoms. The number of rotatable bonds is 7. The minimum Gasteiger partial charge on any atom is -0.490 e. The molecule has 4 aromatic rings. The van der Waals surface area contributed by atoms with Crippen LogP contribution < -0.4 is 10.1 Å². The number of hydrogen-bond acceptors (Lipinski definition) is 7. The predicted molar refractivity (Wildman–Crippen MR) is 146 cm³/mol. The van der Waals surface area contributed by atoms with Gasteiger partial charge in [-0.15, -0.1) is 12.4 Å². The first-order valence-corrected chi connectivity index (χ1v) is 12.5. The summed E-state index contributed by atoms with van der Waals surface area (Å²) < 4.78 is 11.3. The summed E-state index contributed by atoms with van der Waals surface area (Å²) in [6.07, 6.45) is 2.13. The van der Waals surface area contributed by atoms with E-state index in [9.17, 15) is 15.2 Å². The standard InChI is InChI=1S/C29H28N4O4.ClH/c1-17(2)36-26-12-10-19(14-20(26)16-30)28-32-27(33-37-28)23-11-9-18(21-6-3-4-7-22(21)23)15-25-24(29(34)35)8-5-13-31-25;/h3-4,6-7,9-12,14,17,24-25,31H,5,8,13,15H2,1-2H3,(H,34,35);1H. The van der Waals surface area contributed by atoms with Crippen LogP contribution in [0.15, 0.2) is 59.1 Å². The van der Waals surface area contributed by atoms with Gasteiger partial charge in [-0.3, -0.25) is 4.79 Å². The monoisotopic (exact) mass is 532 g/mol. The molecule has 5 rings (SSSR count). The Morgan fingerprint density at radius 2 is 2.00 bits per heavy atom. The number of hydrogen-bond donors (Lipinski definition) is 2. The number of carbonyl (C=O) groups is 1. The van der Waals surface area contributed by atoms with Crippen molar-refractivity contribution in [2.75, 3.05) is 6.54 Å². The molecular weight excluding hydrogens is 504 g/mol. The lowest BCUT2D eigenvalue weighted by Crippen LogP contribution is -2.46. The molecule has 0 bridgehead atoms. The van der Waals surface area contributed by atoms with Crippen LogP contribution in [0.1, 0.15) is 37.8 Å². The van der Waals surface area contributed by atoms with Crippen molar-refractivity contribution >= 4 is 29.1 Å². The van der Waals surface area contributed by atoms with E-state index in [1.165, 1.54) is 0 Å². The Balaban J connectivity index is 0.00000336. The molecule has 1 aromatic heterocycles. The topological polar surface area (TPSA) is 121 Å². The highest BCUT2D eigenvalue weighted by atomic mass is 35.5. The second kappa shape index (κ2) is 11.6. The van der Waals surface area contributed by atoms with Gasteiger partial charge in [-0.25, -0.2) is 0 Å². The Kier molecular flexibility index (Phi) is 8.30. The molecular formula is C29H29ClN4O4. The number of aliphatic carboxylic acids is 1. The number of nitrogens with one attached hydrogen (secondary N) is 1. The van der Waals surface area contributed by atoms with Crippen molar-refractivity contribution in [1.29, 1.82) is 5.26 Å². The number of carboxylic acid groups (broad SMARTS) is 1. The van der Waals surface area contributed by atoms with Crippen molar-refractivity contribution in [3.8, 4) is 34.7 Å². The van der Waals surface area contributed by atoms with Crippen LogP contribution in [-0.2, 0) is 11.2 Å². The summed E-state index contributed by atoms with van der Waals surface area (Å²) in [7, 11) is 0. The fraction of sp³-hybridized carbons (Fsp3) is 0.310. The van der Waals surface area contributed by atoms with Gasteiger partial charge >= 0.3 is 5.97 Å². The fourth-order valence-corrected chi connectivity index (χ4v) is 4.99. The van der Waals surface area contributed by atoms with Crippen LogP contribution in [0, 0.1) is 17.2 Å². The minimum absolute atomic E-state index is 0. The van der Waals surface area contributed by atoms with Gasteiger partial charge in [0.1, 0.15) is 11.8 Å². The third-order valence-corrected chi connectivity index (χ3v) is 6.73. The number of aromatic nitrogens is 2. The van der Waals surface area contributed by atoms with E-state index in [0.29, 0.717) is 41.4 Å². The zero-order chi connectivity index (χ0) is 25.9. The summed E-state index contributed by atoms with van der Waals surface area (Å²) in [5.41, 5.74) is 2.93. The van der Waals surface area contributed by atoms with Gasteiger partial charge in [0.25, 0.3) is 5.89 Å². The summed E-state index contributed by atoms with van der Waals surface area (Å²) in [6.45, 7) is 4.64. The van der Waals surface area contributed by atoms with E-state index in [-0.39, 0.29) is 24.6 Å². The molecule has 2 atom stereocenters. The van der Waals surface area contributed by atoms with Gasteiger partial charge in [0.2, 0.25) is 5.82 Å². The lowest BCUT2D eigenvalue weighted by molar-refractivity contribution is -0.143. The number of nitrogens with zero attached hydrogens (tertiary/aromatic N) is 3. The summed E-state index contributed by atoms with van der Waals surface area (Å²) in [6, 6.07) is 19.3. The SMILES string of the molecule is CC(C)Oc1ccc(-c2nc(-c3ccc(CC4NCCCC4C(=O)O)c4ccccc34)no2)cc1C#N.Cl. The number of halogens is 1. The van der Waals surface area contributed by atoms with E-state index >= 15 is 0 Å². The third-order valence-electron chi connectivity index (χ3n) is 6.73. The minimum atomic E-state index is -0.749. The van der Waals surface area contributed by atoms with Gasteiger partial charge in [0.05, 0.1) is 17.6 Å². The highest BCUT2D eigenvalue weighted by Crippen LogP contribution is 2.33. The number of nitriles is 1. The number of ether oxygens (including phenoxy) is 1. The average molecular weight is 533 g/mol. The molecule has 196 valence electrons. The summed E-state index contributed by atoms with van der Waals surface area (Å²) in [5.74, 6) is 0.119. The van der Waals surface area contributed by atoms with Gasteiger partial charge in [0.15, 0.2) is 0 Å². The van der Waals surface area contributed by atoms with Gasteiger partial charge < -0.3 is 19.7 Å². The maximum absolute atomic E-state index is 11.8. The van der Waals surface area contributed by atoms with Crippen LogP contribution in [0.2, 0.25) is 0 Å². The number of fused-ring (bicyclic) bond motifs is 1. The van der Waals surface area contributed by atoms with Crippen LogP contribution in [0.3, 0.4) is 0 Å². The molecule has 0 aliphatic carbocycles. The van der Waals surface area contributed by atoms with Gasteiger partial charge in [0, 0.05) is 17.2 Å². The maximum atomic E-state index is 11.8.